The molecule has 0 spiro atoms. The van der Waals surface area contributed by atoms with Gasteiger partial charge in [-0.15, -0.1) is 0 Å². The molecule has 14 heavy (non-hydrogen) atoms. The zero-order chi connectivity index (χ0) is 9.80. The maximum Gasteiger partial charge on any atom is 0.0145 e. The van der Waals surface area contributed by atoms with Crippen LogP contribution in [-0.4, -0.2) is 37.1 Å². The minimum absolute atomic E-state index is 0.849. The topological polar surface area (TPSA) is 15.3 Å². The minimum atomic E-state index is 0.849. The molecule has 2 nitrogen and oxygen atoms in total. The fourth-order valence-corrected chi connectivity index (χ4v) is 2.97. The van der Waals surface area contributed by atoms with E-state index in [1.807, 2.05) is 0 Å². The highest BCUT2D eigenvalue weighted by molar-refractivity contribution is 4.83. The lowest BCUT2D eigenvalue weighted by Crippen LogP contribution is -2.48. The molecule has 0 amide bonds. The second-order valence-corrected chi connectivity index (χ2v) is 4.99. The third kappa shape index (κ3) is 2.48. The molecule has 2 unspecified atom stereocenters. The number of nitrogens with zero attached hydrogens (tertiary/aromatic N) is 1. The lowest BCUT2D eigenvalue weighted by atomic mass is 9.93. The van der Waals surface area contributed by atoms with E-state index < -0.39 is 0 Å². The van der Waals surface area contributed by atoms with Crippen LogP contribution < -0.4 is 5.32 Å². The van der Waals surface area contributed by atoms with E-state index in [9.17, 15) is 0 Å². The van der Waals surface area contributed by atoms with E-state index in [1.54, 1.807) is 0 Å². The van der Waals surface area contributed by atoms with Gasteiger partial charge in [-0.05, 0) is 51.4 Å². The van der Waals surface area contributed by atoms with Gasteiger partial charge in [0, 0.05) is 6.04 Å². The second-order valence-electron chi connectivity index (χ2n) is 4.99. The summed E-state index contributed by atoms with van der Waals surface area (Å²) in [6.07, 6.45) is 7.13. The molecule has 2 atom stereocenters. The number of nitrogens with one attached hydrogen (secondary N) is 1. The molecule has 1 N–H and O–H groups in total. The molecule has 2 aliphatic heterocycles. The van der Waals surface area contributed by atoms with E-state index in [0.717, 1.165) is 12.0 Å². The molecular formula is C12H24N2. The van der Waals surface area contributed by atoms with Crippen molar-refractivity contribution < 1.29 is 0 Å². The zero-order valence-electron chi connectivity index (χ0n) is 9.47. The van der Waals surface area contributed by atoms with Crippen LogP contribution in [0.15, 0.2) is 0 Å². The van der Waals surface area contributed by atoms with Gasteiger partial charge >= 0.3 is 0 Å². The Hall–Kier alpha value is -0.0800. The smallest absolute Gasteiger partial charge is 0.0145 e. The van der Waals surface area contributed by atoms with E-state index in [-0.39, 0.29) is 0 Å². The van der Waals surface area contributed by atoms with Crippen LogP contribution in [0, 0.1) is 5.92 Å². The predicted octanol–water partition coefficient (Wildman–Crippen LogP) is 1.86. The summed E-state index contributed by atoms with van der Waals surface area (Å²) in [4.78, 5) is 2.76. The molecule has 0 aromatic heterocycles. The Morgan fingerprint density at radius 1 is 1.07 bits per heavy atom. The van der Waals surface area contributed by atoms with E-state index in [0.29, 0.717) is 0 Å². The van der Waals surface area contributed by atoms with Crippen LogP contribution in [-0.2, 0) is 0 Å². The van der Waals surface area contributed by atoms with Gasteiger partial charge in [0.05, 0.1) is 0 Å². The van der Waals surface area contributed by atoms with Gasteiger partial charge < -0.3 is 10.2 Å². The van der Waals surface area contributed by atoms with Crippen LogP contribution in [0.2, 0.25) is 0 Å². The third-order valence-electron chi connectivity index (χ3n) is 3.85. The largest absolute Gasteiger partial charge is 0.316 e. The normalized spacial score (nSPS) is 36.6. The Morgan fingerprint density at radius 2 is 1.79 bits per heavy atom. The van der Waals surface area contributed by atoms with Crippen LogP contribution in [0.5, 0.6) is 0 Å². The van der Waals surface area contributed by atoms with Gasteiger partial charge in [-0.1, -0.05) is 19.8 Å². The summed E-state index contributed by atoms with van der Waals surface area (Å²) in [5.74, 6) is 0.849. The summed E-state index contributed by atoms with van der Waals surface area (Å²) in [7, 11) is 0. The Bertz CT molecular complexity index is 162. The number of hydrogen-bond donors (Lipinski definition) is 1. The van der Waals surface area contributed by atoms with Crippen LogP contribution in [0.3, 0.4) is 0 Å². The number of hydrogen-bond acceptors (Lipinski definition) is 2. The molecule has 0 radical (unpaired) electrons. The average Bonchev–Trinajstić information content (AvgIpc) is 2.47. The fourth-order valence-electron chi connectivity index (χ4n) is 2.97. The van der Waals surface area contributed by atoms with E-state index >= 15 is 0 Å². The van der Waals surface area contributed by atoms with Crippen molar-refractivity contribution in [2.24, 2.45) is 5.92 Å². The van der Waals surface area contributed by atoms with Crippen molar-refractivity contribution >= 4 is 0 Å². The van der Waals surface area contributed by atoms with Crippen LogP contribution in [0.1, 0.15) is 39.0 Å². The molecule has 2 heterocycles. The van der Waals surface area contributed by atoms with Crippen molar-refractivity contribution in [3.63, 3.8) is 0 Å². The average molecular weight is 196 g/mol. The summed E-state index contributed by atoms with van der Waals surface area (Å²) in [6, 6.07) is 0.870. The molecule has 0 aliphatic carbocycles. The summed E-state index contributed by atoms with van der Waals surface area (Å²) < 4.78 is 0. The first-order chi connectivity index (χ1) is 6.88. The fraction of sp³-hybridized carbons (Fsp3) is 1.00. The quantitative estimate of drug-likeness (QED) is 0.688. The van der Waals surface area contributed by atoms with Gasteiger partial charge in [-0.2, -0.15) is 0 Å². The second kappa shape index (κ2) is 5.13. The highest BCUT2D eigenvalue weighted by atomic mass is 15.2. The molecule has 0 aromatic carbocycles. The van der Waals surface area contributed by atoms with Crippen LogP contribution in [0.4, 0.5) is 0 Å². The SMILES string of the molecule is CC1CNCCC1N1CCCCCC1. The third-order valence-corrected chi connectivity index (χ3v) is 3.85. The van der Waals surface area contributed by atoms with Crippen LogP contribution in [0.25, 0.3) is 0 Å². The van der Waals surface area contributed by atoms with Crippen molar-refractivity contribution in [2.45, 2.75) is 45.1 Å². The predicted molar refractivity (Wildman–Crippen MR) is 60.5 cm³/mol. The highest BCUT2D eigenvalue weighted by Crippen LogP contribution is 2.21. The van der Waals surface area contributed by atoms with E-state index in [1.165, 1.54) is 58.3 Å². The van der Waals surface area contributed by atoms with E-state index in [4.69, 9.17) is 0 Å². The van der Waals surface area contributed by atoms with Crippen molar-refractivity contribution in [1.29, 1.82) is 0 Å². The lowest BCUT2D eigenvalue weighted by Gasteiger charge is -2.38. The highest BCUT2D eigenvalue weighted by Gasteiger charge is 2.26. The molecule has 0 bridgehead atoms. The van der Waals surface area contributed by atoms with Gasteiger partial charge in [0.2, 0.25) is 0 Å². The molecule has 2 rings (SSSR count). The van der Waals surface area contributed by atoms with Crippen molar-refractivity contribution in [2.75, 3.05) is 26.2 Å². The van der Waals surface area contributed by atoms with Gasteiger partial charge in [-0.3, -0.25) is 0 Å². The maximum atomic E-state index is 3.49. The van der Waals surface area contributed by atoms with Crippen molar-refractivity contribution in [3.8, 4) is 0 Å². The Labute approximate surface area is 88.1 Å². The summed E-state index contributed by atoms with van der Waals surface area (Å²) >= 11 is 0. The Morgan fingerprint density at radius 3 is 2.43 bits per heavy atom. The zero-order valence-corrected chi connectivity index (χ0v) is 9.47. The first-order valence-electron chi connectivity index (χ1n) is 6.32. The van der Waals surface area contributed by atoms with Crippen LogP contribution >= 0.6 is 0 Å². The van der Waals surface area contributed by atoms with Crippen molar-refractivity contribution in [3.05, 3.63) is 0 Å². The van der Waals surface area contributed by atoms with Gasteiger partial charge in [0.1, 0.15) is 0 Å². The Kier molecular flexibility index (Phi) is 3.82. The molecule has 0 aromatic rings. The Balaban J connectivity index is 1.90. The van der Waals surface area contributed by atoms with Gasteiger partial charge in [-0.25, -0.2) is 0 Å². The number of piperidine rings is 1. The molecule has 2 saturated heterocycles. The lowest BCUT2D eigenvalue weighted by molar-refractivity contribution is 0.124. The molecular weight excluding hydrogens is 172 g/mol. The van der Waals surface area contributed by atoms with E-state index in [2.05, 4.69) is 17.1 Å². The first kappa shape index (κ1) is 10.4. The maximum absolute atomic E-state index is 3.49. The summed E-state index contributed by atoms with van der Waals surface area (Å²) in [5, 5.41) is 3.49. The van der Waals surface area contributed by atoms with Crippen molar-refractivity contribution in [1.82, 2.24) is 10.2 Å². The number of rotatable bonds is 1. The number of likely N-dealkylation sites (tertiary alicyclic amines) is 1. The molecule has 2 fully saturated rings. The minimum Gasteiger partial charge on any atom is -0.316 e. The molecule has 2 aliphatic rings. The summed E-state index contributed by atoms with van der Waals surface area (Å²) in [5.41, 5.74) is 0. The monoisotopic (exact) mass is 196 g/mol. The molecule has 0 saturated carbocycles. The molecule has 82 valence electrons. The van der Waals surface area contributed by atoms with Gasteiger partial charge in [0.15, 0.2) is 0 Å². The van der Waals surface area contributed by atoms with Gasteiger partial charge in [0.25, 0.3) is 0 Å². The summed E-state index contributed by atoms with van der Waals surface area (Å²) in [6.45, 7) is 7.57. The first-order valence-corrected chi connectivity index (χ1v) is 6.32. The standard InChI is InChI=1S/C12H24N2/c1-11-10-13-7-6-12(11)14-8-4-2-3-5-9-14/h11-13H,2-10H2,1H3. The molecule has 2 heteroatoms.